The van der Waals surface area contributed by atoms with Gasteiger partial charge < -0.3 is 9.64 Å². The molecule has 1 saturated carbocycles. The highest BCUT2D eigenvalue weighted by molar-refractivity contribution is 6.03. The number of carbonyl (C=O) groups is 2. The lowest BCUT2D eigenvalue weighted by molar-refractivity contribution is -0.122. The van der Waals surface area contributed by atoms with E-state index in [-0.39, 0.29) is 23.7 Å². The molecule has 1 aliphatic carbocycles. The summed E-state index contributed by atoms with van der Waals surface area (Å²) in [5.74, 6) is 0.787. The summed E-state index contributed by atoms with van der Waals surface area (Å²) in [7, 11) is 1.64. The van der Waals surface area contributed by atoms with Crippen molar-refractivity contribution >= 4 is 22.6 Å². The van der Waals surface area contributed by atoms with Crippen molar-refractivity contribution in [2.75, 3.05) is 7.11 Å². The van der Waals surface area contributed by atoms with E-state index in [1.54, 1.807) is 7.11 Å². The highest BCUT2D eigenvalue weighted by Crippen LogP contribution is 2.42. The molecule has 2 aliphatic rings. The predicted octanol–water partition coefficient (Wildman–Crippen LogP) is 4.04. The maximum atomic E-state index is 13.3. The molecule has 0 saturated heterocycles. The van der Waals surface area contributed by atoms with E-state index in [9.17, 15) is 9.59 Å². The fourth-order valence-corrected chi connectivity index (χ4v) is 4.77. The second kappa shape index (κ2) is 6.83. The van der Waals surface area contributed by atoms with Gasteiger partial charge in [-0.2, -0.15) is 5.10 Å². The summed E-state index contributed by atoms with van der Waals surface area (Å²) in [6, 6.07) is 8.13. The first-order valence-corrected chi connectivity index (χ1v) is 10.1. The van der Waals surface area contributed by atoms with Crippen LogP contribution in [0, 0.1) is 12.8 Å². The number of nitrogens with zero attached hydrogens (tertiary/aromatic N) is 2. The van der Waals surface area contributed by atoms with Crippen molar-refractivity contribution in [2.24, 2.45) is 5.92 Å². The molecule has 1 aromatic heterocycles. The minimum Gasteiger partial charge on any atom is -0.496 e. The first-order chi connectivity index (χ1) is 14.5. The maximum Gasteiger partial charge on any atom is 0.254 e. The van der Waals surface area contributed by atoms with Crippen LogP contribution in [-0.4, -0.2) is 39.9 Å². The number of H-pyrrole nitrogens is 1. The number of aryl methyl sites for hydroxylation is 1. The molecule has 0 spiro atoms. The number of aromatic nitrogens is 2. The summed E-state index contributed by atoms with van der Waals surface area (Å²) in [4.78, 5) is 27.0. The first-order valence-electron chi connectivity index (χ1n) is 10.1. The second-order valence-electron chi connectivity index (χ2n) is 8.16. The van der Waals surface area contributed by atoms with Crippen molar-refractivity contribution in [3.63, 3.8) is 0 Å². The summed E-state index contributed by atoms with van der Waals surface area (Å²) in [6.07, 6.45) is 4.60. The number of ether oxygens (including phenoxy) is 1. The third-order valence-electron chi connectivity index (χ3n) is 6.53. The summed E-state index contributed by atoms with van der Waals surface area (Å²) >= 11 is 0. The maximum absolute atomic E-state index is 13.3. The van der Waals surface area contributed by atoms with Gasteiger partial charge >= 0.3 is 0 Å². The van der Waals surface area contributed by atoms with Crippen LogP contribution < -0.4 is 4.74 Å². The van der Waals surface area contributed by atoms with Crippen LogP contribution in [0.15, 0.2) is 43.1 Å². The molecule has 0 bridgehead atoms. The van der Waals surface area contributed by atoms with Crippen molar-refractivity contribution in [3.8, 4) is 16.9 Å². The number of allylic oxidation sites excluding steroid dienone is 1. The van der Waals surface area contributed by atoms with Gasteiger partial charge in [-0.25, -0.2) is 0 Å². The summed E-state index contributed by atoms with van der Waals surface area (Å²) < 4.78 is 5.69. The minimum absolute atomic E-state index is 0.0108. The van der Waals surface area contributed by atoms with Crippen molar-refractivity contribution in [3.05, 3.63) is 59.8 Å². The molecule has 3 aromatic rings. The Morgan fingerprint density at radius 3 is 2.87 bits per heavy atom. The topological polar surface area (TPSA) is 75.3 Å². The van der Waals surface area contributed by atoms with Crippen molar-refractivity contribution in [1.29, 1.82) is 0 Å². The Balaban J connectivity index is 1.53. The number of fused-ring (bicyclic) bond motifs is 2. The second-order valence-corrected chi connectivity index (χ2v) is 8.16. The number of methoxy groups -OCH3 is 1. The van der Waals surface area contributed by atoms with E-state index in [1.807, 2.05) is 29.3 Å². The third kappa shape index (κ3) is 2.67. The van der Waals surface area contributed by atoms with Crippen LogP contribution in [-0.2, 0) is 11.3 Å². The molecule has 152 valence electrons. The largest absolute Gasteiger partial charge is 0.496 e. The zero-order valence-electron chi connectivity index (χ0n) is 17.1. The molecule has 2 heterocycles. The average molecular weight is 401 g/mol. The van der Waals surface area contributed by atoms with Gasteiger partial charge in [0.15, 0.2) is 5.78 Å². The van der Waals surface area contributed by atoms with Crippen LogP contribution >= 0.6 is 0 Å². The first kappa shape index (κ1) is 18.6. The molecule has 0 atom stereocenters. The van der Waals surface area contributed by atoms with Crippen LogP contribution in [0.2, 0.25) is 0 Å². The van der Waals surface area contributed by atoms with E-state index in [0.29, 0.717) is 24.9 Å². The van der Waals surface area contributed by atoms with E-state index < -0.39 is 0 Å². The lowest BCUT2D eigenvalue weighted by atomic mass is 9.76. The monoisotopic (exact) mass is 401 g/mol. The molecule has 6 heteroatoms. The number of amides is 1. The summed E-state index contributed by atoms with van der Waals surface area (Å²) in [5, 5.41) is 8.20. The molecule has 6 nitrogen and oxygen atoms in total. The number of benzene rings is 2. The Bertz CT molecular complexity index is 1200. The van der Waals surface area contributed by atoms with E-state index in [2.05, 4.69) is 29.8 Å². The average Bonchev–Trinajstić information content (AvgIpc) is 3.31. The summed E-state index contributed by atoms with van der Waals surface area (Å²) in [6.45, 7) is 6.14. The van der Waals surface area contributed by atoms with Gasteiger partial charge in [0.2, 0.25) is 0 Å². The van der Waals surface area contributed by atoms with Crippen LogP contribution in [0.1, 0.15) is 34.3 Å². The molecular formula is C24H23N3O3. The SMILES string of the molecule is C=CC(=O)C1CC(N2Cc3c(OC)cc(-c4c(C)ccc5[nH]ncc45)cc3C2=O)C1. The number of carbonyl (C=O) groups excluding carboxylic acids is 2. The summed E-state index contributed by atoms with van der Waals surface area (Å²) in [5.41, 5.74) is 5.66. The quantitative estimate of drug-likeness (QED) is 0.655. The Labute approximate surface area is 174 Å². The number of hydrogen-bond donors (Lipinski definition) is 1. The molecule has 0 unspecified atom stereocenters. The molecule has 5 rings (SSSR count). The zero-order chi connectivity index (χ0) is 21.0. The molecule has 1 amide bonds. The van der Waals surface area contributed by atoms with Crippen LogP contribution in [0.3, 0.4) is 0 Å². The molecular weight excluding hydrogens is 378 g/mol. The molecule has 1 aliphatic heterocycles. The highest BCUT2D eigenvalue weighted by atomic mass is 16.5. The Morgan fingerprint density at radius 1 is 1.33 bits per heavy atom. The van der Waals surface area contributed by atoms with Gasteiger partial charge in [0.1, 0.15) is 5.75 Å². The Morgan fingerprint density at radius 2 is 2.13 bits per heavy atom. The predicted molar refractivity (Wildman–Crippen MR) is 114 cm³/mol. The number of rotatable bonds is 5. The number of aromatic amines is 1. The van der Waals surface area contributed by atoms with Gasteiger partial charge in [0.05, 0.1) is 25.4 Å². The minimum atomic E-state index is -0.0113. The van der Waals surface area contributed by atoms with Crippen molar-refractivity contribution < 1.29 is 14.3 Å². The van der Waals surface area contributed by atoms with Crippen LogP contribution in [0.25, 0.3) is 22.0 Å². The normalized spacial score (nSPS) is 20.2. The molecule has 2 aromatic carbocycles. The van der Waals surface area contributed by atoms with E-state index >= 15 is 0 Å². The molecule has 30 heavy (non-hydrogen) atoms. The van der Waals surface area contributed by atoms with Gasteiger partial charge in [-0.3, -0.25) is 14.7 Å². The Kier molecular flexibility index (Phi) is 4.24. The van der Waals surface area contributed by atoms with Crippen molar-refractivity contribution in [2.45, 2.75) is 32.4 Å². The number of hydrogen-bond acceptors (Lipinski definition) is 4. The van der Waals surface area contributed by atoms with Crippen LogP contribution in [0.4, 0.5) is 0 Å². The van der Waals surface area contributed by atoms with E-state index in [1.165, 1.54) is 6.08 Å². The molecule has 1 fully saturated rings. The van der Waals surface area contributed by atoms with Gasteiger partial charge in [-0.1, -0.05) is 12.6 Å². The van der Waals surface area contributed by atoms with Crippen molar-refractivity contribution in [1.82, 2.24) is 15.1 Å². The fourth-order valence-electron chi connectivity index (χ4n) is 4.77. The van der Waals surface area contributed by atoms with Gasteiger partial charge in [-0.15, -0.1) is 0 Å². The lowest BCUT2D eigenvalue weighted by Gasteiger charge is -2.39. The number of nitrogens with one attached hydrogen (secondary N) is 1. The third-order valence-corrected chi connectivity index (χ3v) is 6.53. The van der Waals surface area contributed by atoms with Gasteiger partial charge in [-0.05, 0) is 60.7 Å². The highest BCUT2D eigenvalue weighted by Gasteiger charge is 2.43. The molecule has 1 N–H and O–H groups in total. The fraction of sp³-hybridized carbons (Fsp3) is 0.292. The zero-order valence-corrected chi connectivity index (χ0v) is 17.1. The number of ketones is 1. The smallest absolute Gasteiger partial charge is 0.254 e. The standard InChI is InChI=1S/C24H23N3O3/c1-4-21(28)14-7-16(8-14)27-12-19-17(24(27)29)9-15(10-22(19)30-3)23-13(2)5-6-20-18(23)11-25-26-20/h4-6,9-11,14,16H,1,7-8,12H2,2-3H3,(H,25,26). The van der Waals surface area contributed by atoms with Gasteiger partial charge in [0, 0.05) is 28.5 Å². The van der Waals surface area contributed by atoms with Crippen LogP contribution in [0.5, 0.6) is 5.75 Å². The van der Waals surface area contributed by atoms with E-state index in [0.717, 1.165) is 38.9 Å². The lowest BCUT2D eigenvalue weighted by Crippen LogP contribution is -2.46. The van der Waals surface area contributed by atoms with E-state index in [4.69, 9.17) is 4.74 Å². The van der Waals surface area contributed by atoms with Gasteiger partial charge in [0.25, 0.3) is 5.91 Å². The Hall–Kier alpha value is -3.41. The molecule has 0 radical (unpaired) electrons.